The van der Waals surface area contributed by atoms with Gasteiger partial charge < -0.3 is 9.80 Å². The van der Waals surface area contributed by atoms with Gasteiger partial charge in [0, 0.05) is 50.5 Å². The zero-order valence-electron chi connectivity index (χ0n) is 38.5. The molecule has 0 atom stereocenters. The van der Waals surface area contributed by atoms with Crippen molar-refractivity contribution in [2.24, 2.45) is 0 Å². The van der Waals surface area contributed by atoms with Crippen molar-refractivity contribution in [1.82, 2.24) is 15.0 Å². The van der Waals surface area contributed by atoms with E-state index in [1.807, 2.05) is 0 Å². The van der Waals surface area contributed by atoms with Gasteiger partial charge in [0.05, 0.1) is 0 Å². The first kappa shape index (κ1) is 38.4. The van der Waals surface area contributed by atoms with E-state index in [-0.39, 0.29) is 17.5 Å². The highest BCUT2D eigenvalue weighted by molar-refractivity contribution is 7.01. The van der Waals surface area contributed by atoms with Crippen molar-refractivity contribution in [3.05, 3.63) is 182 Å². The molecule has 0 aliphatic carbocycles. The van der Waals surface area contributed by atoms with Crippen molar-refractivity contribution in [1.29, 1.82) is 0 Å². The molecule has 0 spiro atoms. The van der Waals surface area contributed by atoms with Crippen molar-refractivity contribution in [2.45, 2.75) is 52.4 Å². The lowest BCUT2D eigenvalue weighted by Gasteiger charge is -2.45. The summed E-state index contributed by atoms with van der Waals surface area (Å²) in [6.45, 7) is 13.6. The van der Waals surface area contributed by atoms with Crippen LogP contribution in [0.1, 0.15) is 52.7 Å². The van der Waals surface area contributed by atoms with E-state index < -0.39 is 0 Å². The Hall–Kier alpha value is -7.83. The second-order valence-electron chi connectivity index (χ2n) is 20.9. The van der Waals surface area contributed by atoms with Crippen LogP contribution in [0.4, 0.5) is 34.1 Å². The summed E-state index contributed by atoms with van der Waals surface area (Å²) in [5.41, 5.74) is 14.3. The van der Waals surface area contributed by atoms with Crippen molar-refractivity contribution in [3.8, 4) is 11.4 Å². The molecule has 67 heavy (non-hydrogen) atoms. The molecule has 6 heteroatoms. The lowest BCUT2D eigenvalue weighted by atomic mass is 9.33. The summed E-state index contributed by atoms with van der Waals surface area (Å²) in [6.07, 6.45) is 3.22. The summed E-state index contributed by atoms with van der Waals surface area (Å²) >= 11 is 0. The molecular formula is C61H46BN5. The van der Waals surface area contributed by atoms with E-state index in [0.717, 1.165) is 28.3 Å². The summed E-state index contributed by atoms with van der Waals surface area (Å²) in [5.74, 6) is 0.638. The minimum atomic E-state index is -0.110. The first-order valence-corrected chi connectivity index (χ1v) is 23.5. The van der Waals surface area contributed by atoms with E-state index in [1.54, 1.807) is 12.7 Å². The predicted octanol–water partition coefficient (Wildman–Crippen LogP) is 14.0. The summed E-state index contributed by atoms with van der Waals surface area (Å²) in [5, 5.41) is 15.3. The molecule has 2 aliphatic rings. The number of nitrogens with zero attached hydrogens (tertiary/aromatic N) is 5. The van der Waals surface area contributed by atoms with Gasteiger partial charge in [-0.1, -0.05) is 163 Å². The van der Waals surface area contributed by atoms with Crippen molar-refractivity contribution in [3.63, 3.8) is 0 Å². The van der Waals surface area contributed by atoms with Gasteiger partial charge >= 0.3 is 0 Å². The Morgan fingerprint density at radius 2 is 0.821 bits per heavy atom. The Bertz CT molecular complexity index is 3730. The van der Waals surface area contributed by atoms with Gasteiger partial charge in [-0.3, -0.25) is 0 Å². The van der Waals surface area contributed by atoms with Crippen LogP contribution in [0.25, 0.3) is 76.0 Å². The smallest absolute Gasteiger partial charge is 0.252 e. The second-order valence-corrected chi connectivity index (χ2v) is 20.9. The number of fused-ring (bicyclic) bond motifs is 6. The molecule has 0 amide bonds. The van der Waals surface area contributed by atoms with Crippen molar-refractivity contribution < 1.29 is 0 Å². The van der Waals surface area contributed by atoms with Gasteiger partial charge in [0.25, 0.3) is 6.71 Å². The Kier molecular flexibility index (Phi) is 7.68. The number of anilines is 6. The summed E-state index contributed by atoms with van der Waals surface area (Å²) in [7, 11) is 0. The Morgan fingerprint density at radius 1 is 0.418 bits per heavy atom. The van der Waals surface area contributed by atoms with Gasteiger partial charge in [0.2, 0.25) is 0 Å². The van der Waals surface area contributed by atoms with E-state index in [0.29, 0.717) is 5.82 Å². The van der Waals surface area contributed by atoms with Crippen molar-refractivity contribution >= 4 is 122 Å². The van der Waals surface area contributed by atoms with Crippen LogP contribution in [0.15, 0.2) is 170 Å². The maximum atomic E-state index is 4.82. The molecule has 0 saturated heterocycles. The standard InChI is InChI=1S/C61H46BN5/c1-60(2,3)42-19-23-44(24-20-42)66-50-31-41(59-64-33-63-34-65-59)32-51-56(50)62(48-29-39-15-13-35-9-7-11-37-17-27-46(57(48)66)54(39)52(35)37)49-30-40-16-14-36-10-8-12-38-18-28-47(55(40)53(36)38)58(49)67(51)45-25-21-43(22-26-45)61(4,5)6/h7-34H,1-6H3. The van der Waals surface area contributed by atoms with Crippen LogP contribution in [0, 0.1) is 0 Å². The molecule has 318 valence electrons. The molecule has 0 bridgehead atoms. The third-order valence-electron chi connectivity index (χ3n) is 15.0. The number of hydrogen-bond donors (Lipinski definition) is 0. The van der Waals surface area contributed by atoms with Crippen LogP contribution in [-0.4, -0.2) is 21.7 Å². The molecule has 3 heterocycles. The maximum Gasteiger partial charge on any atom is 0.252 e. The van der Waals surface area contributed by atoms with Crippen LogP contribution < -0.4 is 26.2 Å². The molecule has 0 fully saturated rings. The van der Waals surface area contributed by atoms with Crippen LogP contribution in [0.2, 0.25) is 0 Å². The summed E-state index contributed by atoms with van der Waals surface area (Å²) in [4.78, 5) is 19.0. The van der Waals surface area contributed by atoms with Gasteiger partial charge in [0.1, 0.15) is 12.7 Å². The number of aromatic nitrogens is 3. The highest BCUT2D eigenvalue weighted by atomic mass is 15.2. The Balaban J connectivity index is 1.18. The van der Waals surface area contributed by atoms with Gasteiger partial charge in [-0.2, -0.15) is 0 Å². The van der Waals surface area contributed by atoms with E-state index in [4.69, 9.17) is 9.97 Å². The summed E-state index contributed by atoms with van der Waals surface area (Å²) in [6, 6.07) is 60.5. The van der Waals surface area contributed by atoms with Crippen LogP contribution in [-0.2, 0) is 10.8 Å². The van der Waals surface area contributed by atoms with Gasteiger partial charge in [-0.25, -0.2) is 15.0 Å². The minimum Gasteiger partial charge on any atom is -0.311 e. The van der Waals surface area contributed by atoms with Gasteiger partial charge in [0.15, 0.2) is 5.82 Å². The fourth-order valence-electron chi connectivity index (χ4n) is 11.9. The molecule has 0 unspecified atom stereocenters. The van der Waals surface area contributed by atoms with E-state index >= 15 is 0 Å². The molecule has 0 saturated carbocycles. The largest absolute Gasteiger partial charge is 0.311 e. The zero-order valence-corrected chi connectivity index (χ0v) is 38.5. The SMILES string of the molecule is CC(C)(C)c1ccc(N2c3cc(-c4ncncn4)cc4c3B(c3cc5ccc6cccc7ccc(c32)c5c67)c2cc3ccc5cccc6ccc(c2N4c2ccc(C(C)(C)C)cc2)c3c56)cc1. The normalized spacial score (nSPS) is 13.7. The molecule has 5 nitrogen and oxygen atoms in total. The molecule has 11 aromatic carbocycles. The first-order valence-electron chi connectivity index (χ1n) is 23.5. The third-order valence-corrected chi connectivity index (χ3v) is 15.0. The topological polar surface area (TPSA) is 45.2 Å². The number of benzene rings is 11. The molecule has 1 aromatic heterocycles. The van der Waals surface area contributed by atoms with Gasteiger partial charge in [-0.05, 0) is 129 Å². The van der Waals surface area contributed by atoms with E-state index in [9.17, 15) is 0 Å². The fourth-order valence-corrected chi connectivity index (χ4v) is 11.9. The van der Waals surface area contributed by atoms with Crippen LogP contribution >= 0.6 is 0 Å². The lowest BCUT2D eigenvalue weighted by molar-refractivity contribution is 0.590. The third kappa shape index (κ3) is 5.41. The fraction of sp³-hybridized carbons (Fsp3) is 0.131. The maximum absolute atomic E-state index is 4.82. The van der Waals surface area contributed by atoms with E-state index in [1.165, 1.54) is 104 Å². The molecule has 14 rings (SSSR count). The molecular weight excluding hydrogens is 814 g/mol. The predicted molar refractivity (Wildman–Crippen MR) is 284 cm³/mol. The molecule has 0 radical (unpaired) electrons. The van der Waals surface area contributed by atoms with Crippen LogP contribution in [0.3, 0.4) is 0 Å². The Labute approximate surface area is 390 Å². The second kappa shape index (κ2) is 13.4. The highest BCUT2D eigenvalue weighted by Gasteiger charge is 2.46. The minimum absolute atomic E-state index is 0.00219. The molecule has 12 aromatic rings. The average molecular weight is 860 g/mol. The monoisotopic (exact) mass is 859 g/mol. The highest BCUT2D eigenvalue weighted by Crippen LogP contribution is 2.52. The molecule has 0 N–H and O–H groups in total. The average Bonchev–Trinajstić information content (AvgIpc) is 3.34. The number of hydrogen-bond acceptors (Lipinski definition) is 5. The first-order chi connectivity index (χ1) is 32.5. The zero-order chi connectivity index (χ0) is 45.1. The van der Waals surface area contributed by atoms with Crippen molar-refractivity contribution in [2.75, 3.05) is 9.80 Å². The quantitative estimate of drug-likeness (QED) is 0.131. The Morgan fingerprint density at radius 3 is 1.24 bits per heavy atom. The van der Waals surface area contributed by atoms with E-state index in [2.05, 4.69) is 214 Å². The van der Waals surface area contributed by atoms with Gasteiger partial charge in [-0.15, -0.1) is 0 Å². The molecule has 2 aliphatic heterocycles. The van der Waals surface area contributed by atoms with Crippen LogP contribution in [0.5, 0.6) is 0 Å². The summed E-state index contributed by atoms with van der Waals surface area (Å²) < 4.78 is 0. The number of rotatable bonds is 3. The lowest BCUT2D eigenvalue weighted by Crippen LogP contribution is -2.61.